The largest absolute Gasteiger partial charge is 0.357 e. The number of likely N-dealkylation sites (tertiary alicyclic amines) is 1. The Hall–Kier alpha value is -1.69. The van der Waals surface area contributed by atoms with Gasteiger partial charge < -0.3 is 10.6 Å². The number of aliphatic imine (C=N–C) groups is 1. The van der Waals surface area contributed by atoms with Gasteiger partial charge in [-0.2, -0.15) is 0 Å². The molecule has 1 aliphatic rings. The van der Waals surface area contributed by atoms with Crippen LogP contribution in [-0.2, 0) is 29.7 Å². The zero-order chi connectivity index (χ0) is 22.1. The molecule has 0 saturated carbocycles. The van der Waals surface area contributed by atoms with E-state index in [9.17, 15) is 8.42 Å². The van der Waals surface area contributed by atoms with Crippen LogP contribution in [0.5, 0.6) is 0 Å². The van der Waals surface area contributed by atoms with Crippen LogP contribution in [0, 0.1) is 0 Å². The molecule has 176 valence electrons. The van der Waals surface area contributed by atoms with Crippen LogP contribution < -0.4 is 15.8 Å². The van der Waals surface area contributed by atoms with Crippen molar-refractivity contribution in [3.05, 3.63) is 65.2 Å². The van der Waals surface area contributed by atoms with Crippen molar-refractivity contribution in [2.24, 2.45) is 10.1 Å². The second-order valence-electron chi connectivity index (χ2n) is 7.89. The molecule has 0 radical (unpaired) electrons. The first-order valence-corrected chi connectivity index (χ1v) is 12.4. The second kappa shape index (κ2) is 13.1. The minimum Gasteiger partial charge on any atom is -0.357 e. The monoisotopic (exact) mass is 571 g/mol. The number of hydrogen-bond donors (Lipinski definition) is 3. The number of benzene rings is 2. The highest BCUT2D eigenvalue weighted by atomic mass is 127. The van der Waals surface area contributed by atoms with Crippen LogP contribution in [0.1, 0.15) is 42.9 Å². The van der Waals surface area contributed by atoms with Crippen LogP contribution in [0.4, 0.5) is 0 Å². The van der Waals surface area contributed by atoms with Gasteiger partial charge in [-0.1, -0.05) is 42.8 Å². The Kier molecular flexibility index (Phi) is 10.9. The summed E-state index contributed by atoms with van der Waals surface area (Å²) in [6.45, 7) is 7.18. The molecule has 1 fully saturated rings. The van der Waals surface area contributed by atoms with E-state index >= 15 is 0 Å². The number of rotatable bonds is 8. The highest BCUT2D eigenvalue weighted by Gasteiger charge is 2.10. The predicted molar refractivity (Wildman–Crippen MR) is 140 cm³/mol. The molecule has 0 unspecified atom stereocenters. The third-order valence-corrected chi connectivity index (χ3v) is 6.24. The van der Waals surface area contributed by atoms with E-state index in [2.05, 4.69) is 44.8 Å². The number of nitrogens with two attached hydrogens (primary N) is 1. The Balaban J connectivity index is 0.00000363. The lowest BCUT2D eigenvalue weighted by atomic mass is 10.1. The van der Waals surface area contributed by atoms with Gasteiger partial charge in [-0.25, -0.2) is 18.5 Å². The molecule has 0 amide bonds. The lowest BCUT2D eigenvalue weighted by molar-refractivity contribution is 0.221. The Bertz CT molecular complexity index is 974. The number of nitrogens with zero attached hydrogens (tertiary/aromatic N) is 2. The second-order valence-corrected chi connectivity index (χ2v) is 9.46. The summed E-state index contributed by atoms with van der Waals surface area (Å²) in [7, 11) is -3.72. The van der Waals surface area contributed by atoms with E-state index in [4.69, 9.17) is 5.14 Å². The Labute approximate surface area is 208 Å². The molecule has 3 rings (SSSR count). The number of halogens is 1. The van der Waals surface area contributed by atoms with Crippen LogP contribution in [0.3, 0.4) is 0 Å². The van der Waals surface area contributed by atoms with Crippen molar-refractivity contribution in [2.45, 2.75) is 50.7 Å². The number of primary sulfonamides is 1. The summed E-state index contributed by atoms with van der Waals surface area (Å²) >= 11 is 0. The van der Waals surface area contributed by atoms with Crippen LogP contribution in [0.2, 0.25) is 0 Å². The number of piperidine rings is 1. The summed E-state index contributed by atoms with van der Waals surface area (Å²) in [5.41, 5.74) is 3.32. The smallest absolute Gasteiger partial charge is 0.238 e. The summed E-state index contributed by atoms with van der Waals surface area (Å²) in [6.07, 6.45) is 3.97. The SMILES string of the molecule is CCNC(=NCc1cccc(S(N)(=O)=O)c1)NCc1ccc(CN2CCCCC2)cc1.I. The average Bonchev–Trinajstić information content (AvgIpc) is 2.77. The molecule has 4 N–H and O–H groups in total. The van der Waals surface area contributed by atoms with E-state index in [0.717, 1.165) is 18.7 Å². The fourth-order valence-corrected chi connectivity index (χ4v) is 4.24. The van der Waals surface area contributed by atoms with Crippen molar-refractivity contribution >= 4 is 40.0 Å². The maximum absolute atomic E-state index is 11.5. The van der Waals surface area contributed by atoms with E-state index in [1.54, 1.807) is 12.1 Å². The fraction of sp³-hybridized carbons (Fsp3) is 0.435. The molecule has 0 atom stereocenters. The van der Waals surface area contributed by atoms with Gasteiger partial charge in [0.15, 0.2) is 5.96 Å². The standard InChI is InChI=1S/C23H33N5O2S.HI/c1-2-25-23(27-17-21-7-6-8-22(15-21)31(24,29)30)26-16-19-9-11-20(12-10-19)18-28-13-4-3-5-14-28;/h6-12,15H,2-5,13-14,16-18H2,1H3,(H2,24,29,30)(H2,25,26,27);1H. The van der Waals surface area contributed by atoms with Gasteiger partial charge in [0.1, 0.15) is 0 Å². The third kappa shape index (κ3) is 8.68. The topological polar surface area (TPSA) is 99.8 Å². The van der Waals surface area contributed by atoms with Crippen molar-refractivity contribution in [2.75, 3.05) is 19.6 Å². The zero-order valence-electron chi connectivity index (χ0n) is 18.6. The zero-order valence-corrected chi connectivity index (χ0v) is 21.7. The first-order chi connectivity index (χ1) is 14.9. The molecule has 0 bridgehead atoms. The maximum atomic E-state index is 11.5. The molecule has 2 aromatic rings. The first kappa shape index (κ1) is 26.6. The molecular weight excluding hydrogens is 537 g/mol. The molecule has 9 heteroatoms. The van der Waals surface area contributed by atoms with Crippen molar-refractivity contribution in [3.63, 3.8) is 0 Å². The number of nitrogens with one attached hydrogen (secondary N) is 2. The van der Waals surface area contributed by atoms with E-state index in [1.165, 1.54) is 49.5 Å². The Morgan fingerprint density at radius 2 is 1.69 bits per heavy atom. The van der Waals surface area contributed by atoms with E-state index in [0.29, 0.717) is 19.0 Å². The lowest BCUT2D eigenvalue weighted by Crippen LogP contribution is -2.36. The number of hydrogen-bond acceptors (Lipinski definition) is 4. The van der Waals surface area contributed by atoms with Gasteiger partial charge in [-0.3, -0.25) is 4.90 Å². The molecule has 7 nitrogen and oxygen atoms in total. The molecule has 1 heterocycles. The van der Waals surface area contributed by atoms with Gasteiger partial charge in [0.05, 0.1) is 11.4 Å². The first-order valence-electron chi connectivity index (χ1n) is 10.9. The maximum Gasteiger partial charge on any atom is 0.238 e. The van der Waals surface area contributed by atoms with Gasteiger partial charge in [-0.15, -0.1) is 24.0 Å². The summed E-state index contributed by atoms with van der Waals surface area (Å²) < 4.78 is 23.1. The fourth-order valence-electron chi connectivity index (χ4n) is 3.66. The molecule has 0 aromatic heterocycles. The highest BCUT2D eigenvalue weighted by Crippen LogP contribution is 2.14. The van der Waals surface area contributed by atoms with Gasteiger partial charge in [-0.05, 0) is 61.7 Å². The summed E-state index contributed by atoms with van der Waals surface area (Å²) in [4.78, 5) is 7.19. The highest BCUT2D eigenvalue weighted by molar-refractivity contribution is 14.0. The van der Waals surface area contributed by atoms with E-state index < -0.39 is 10.0 Å². The third-order valence-electron chi connectivity index (χ3n) is 5.33. The summed E-state index contributed by atoms with van der Waals surface area (Å²) in [6, 6.07) is 15.3. The lowest BCUT2D eigenvalue weighted by Gasteiger charge is -2.26. The summed E-state index contributed by atoms with van der Waals surface area (Å²) in [5.74, 6) is 0.681. The number of sulfonamides is 1. The van der Waals surface area contributed by atoms with Crippen molar-refractivity contribution < 1.29 is 8.42 Å². The minimum absolute atomic E-state index is 0. The molecule has 2 aromatic carbocycles. The minimum atomic E-state index is -3.72. The van der Waals surface area contributed by atoms with E-state index in [1.807, 2.05) is 13.0 Å². The van der Waals surface area contributed by atoms with Gasteiger partial charge >= 0.3 is 0 Å². The van der Waals surface area contributed by atoms with Crippen LogP contribution in [-0.4, -0.2) is 38.9 Å². The molecule has 0 spiro atoms. The normalized spacial score (nSPS) is 15.1. The molecule has 1 aliphatic heterocycles. The van der Waals surface area contributed by atoms with Crippen molar-refractivity contribution in [1.82, 2.24) is 15.5 Å². The quantitative estimate of drug-likeness (QED) is 0.257. The number of guanidine groups is 1. The molecular formula is C23H34IN5O2S. The van der Waals surface area contributed by atoms with Crippen molar-refractivity contribution in [3.8, 4) is 0 Å². The van der Waals surface area contributed by atoms with Gasteiger partial charge in [0.25, 0.3) is 0 Å². The van der Waals surface area contributed by atoms with Gasteiger partial charge in [0, 0.05) is 19.6 Å². The van der Waals surface area contributed by atoms with E-state index in [-0.39, 0.29) is 28.9 Å². The van der Waals surface area contributed by atoms with Crippen molar-refractivity contribution in [1.29, 1.82) is 0 Å². The van der Waals surface area contributed by atoms with Crippen LogP contribution >= 0.6 is 24.0 Å². The van der Waals surface area contributed by atoms with Crippen LogP contribution in [0.15, 0.2) is 58.4 Å². The summed E-state index contributed by atoms with van der Waals surface area (Å²) in [5, 5.41) is 11.8. The Morgan fingerprint density at radius 1 is 1.00 bits per heavy atom. The molecule has 1 saturated heterocycles. The predicted octanol–water partition coefficient (Wildman–Crippen LogP) is 3.19. The molecule has 0 aliphatic carbocycles. The van der Waals surface area contributed by atoms with Gasteiger partial charge in [0.2, 0.25) is 10.0 Å². The van der Waals surface area contributed by atoms with Crippen LogP contribution in [0.25, 0.3) is 0 Å². The molecule has 32 heavy (non-hydrogen) atoms. The Morgan fingerprint density at radius 3 is 2.34 bits per heavy atom. The average molecular weight is 572 g/mol.